The van der Waals surface area contributed by atoms with Gasteiger partial charge in [0, 0.05) is 18.8 Å². The van der Waals surface area contributed by atoms with Crippen LogP contribution >= 0.6 is 0 Å². The van der Waals surface area contributed by atoms with Crippen LogP contribution in [0.15, 0.2) is 48.5 Å². The average Bonchev–Trinajstić information content (AvgIpc) is 2.52. The maximum atomic E-state index is 10.8. The molecule has 0 unspecified atom stereocenters. The highest BCUT2D eigenvalue weighted by Crippen LogP contribution is 2.17. The highest BCUT2D eigenvalue weighted by atomic mass is 16.4. The van der Waals surface area contributed by atoms with Gasteiger partial charge in [-0.05, 0) is 49.8 Å². The second-order valence-electron chi connectivity index (χ2n) is 5.57. The molecule has 0 radical (unpaired) electrons. The molecule has 0 amide bonds. The van der Waals surface area contributed by atoms with Crippen LogP contribution in [0.1, 0.15) is 21.5 Å². The molecule has 0 heterocycles. The molecule has 0 saturated carbocycles. The van der Waals surface area contributed by atoms with E-state index in [4.69, 9.17) is 5.11 Å². The van der Waals surface area contributed by atoms with Crippen LogP contribution in [-0.4, -0.2) is 36.6 Å². The molecule has 22 heavy (non-hydrogen) atoms. The summed E-state index contributed by atoms with van der Waals surface area (Å²) in [5, 5.41) is 12.3. The molecule has 0 aromatic heterocycles. The van der Waals surface area contributed by atoms with E-state index < -0.39 is 5.97 Å². The summed E-state index contributed by atoms with van der Waals surface area (Å²) in [5.41, 5.74) is 3.80. The van der Waals surface area contributed by atoms with Crippen molar-refractivity contribution in [3.63, 3.8) is 0 Å². The Morgan fingerprint density at radius 3 is 2.41 bits per heavy atom. The van der Waals surface area contributed by atoms with Crippen molar-refractivity contribution in [2.75, 3.05) is 26.0 Å². The predicted octanol–water partition coefficient (Wildman–Crippen LogP) is 3.10. The number of nitrogens with zero attached hydrogens (tertiary/aromatic N) is 1. The Morgan fingerprint density at radius 2 is 1.77 bits per heavy atom. The second-order valence-corrected chi connectivity index (χ2v) is 5.57. The van der Waals surface area contributed by atoms with Gasteiger partial charge in [0.2, 0.25) is 0 Å². The van der Waals surface area contributed by atoms with Gasteiger partial charge >= 0.3 is 5.97 Å². The summed E-state index contributed by atoms with van der Waals surface area (Å²) in [5.74, 6) is -0.895. The van der Waals surface area contributed by atoms with E-state index in [1.54, 1.807) is 12.1 Å². The summed E-state index contributed by atoms with van der Waals surface area (Å²) in [6, 6.07) is 15.3. The van der Waals surface area contributed by atoms with Gasteiger partial charge in [-0.2, -0.15) is 0 Å². The van der Waals surface area contributed by atoms with Crippen molar-refractivity contribution in [3.05, 3.63) is 65.2 Å². The van der Waals surface area contributed by atoms with Crippen molar-refractivity contribution < 1.29 is 9.90 Å². The average molecular weight is 298 g/mol. The van der Waals surface area contributed by atoms with Gasteiger partial charge in [-0.3, -0.25) is 0 Å². The summed E-state index contributed by atoms with van der Waals surface area (Å²) in [6.07, 6.45) is 0.994. The summed E-state index contributed by atoms with van der Waals surface area (Å²) in [4.78, 5) is 13.0. The van der Waals surface area contributed by atoms with Crippen molar-refractivity contribution >= 4 is 11.7 Å². The second kappa shape index (κ2) is 7.61. The SMILES string of the molecule is CN(C)CCc1ccccc1NCc1ccc(C(=O)O)cc1. The highest BCUT2D eigenvalue weighted by molar-refractivity contribution is 5.87. The molecule has 0 aliphatic rings. The number of para-hydroxylation sites is 1. The quantitative estimate of drug-likeness (QED) is 0.824. The monoisotopic (exact) mass is 298 g/mol. The van der Waals surface area contributed by atoms with Gasteiger partial charge in [0.15, 0.2) is 0 Å². The summed E-state index contributed by atoms with van der Waals surface area (Å²) < 4.78 is 0. The number of rotatable bonds is 7. The predicted molar refractivity (Wildman–Crippen MR) is 89.4 cm³/mol. The molecule has 0 aliphatic carbocycles. The third-order valence-electron chi connectivity index (χ3n) is 3.53. The van der Waals surface area contributed by atoms with Crippen LogP contribution in [0, 0.1) is 0 Å². The Balaban J connectivity index is 2.00. The van der Waals surface area contributed by atoms with Crippen LogP contribution in [0.3, 0.4) is 0 Å². The molecule has 0 saturated heterocycles. The highest BCUT2D eigenvalue weighted by Gasteiger charge is 2.04. The third kappa shape index (κ3) is 4.60. The van der Waals surface area contributed by atoms with Crippen molar-refractivity contribution in [1.29, 1.82) is 0 Å². The van der Waals surface area contributed by atoms with Crippen LogP contribution < -0.4 is 5.32 Å². The number of aromatic carboxylic acids is 1. The van der Waals surface area contributed by atoms with Gasteiger partial charge in [-0.25, -0.2) is 4.79 Å². The van der Waals surface area contributed by atoms with Gasteiger partial charge in [0.05, 0.1) is 5.56 Å². The molecule has 0 fully saturated rings. The molecule has 2 N–H and O–H groups in total. The van der Waals surface area contributed by atoms with Gasteiger partial charge in [0.1, 0.15) is 0 Å². The Bertz CT molecular complexity index is 621. The van der Waals surface area contributed by atoms with E-state index in [0.717, 1.165) is 24.2 Å². The Hall–Kier alpha value is -2.33. The van der Waals surface area contributed by atoms with Crippen molar-refractivity contribution in [3.8, 4) is 0 Å². The van der Waals surface area contributed by atoms with E-state index in [0.29, 0.717) is 12.1 Å². The first kappa shape index (κ1) is 16.0. The molecule has 2 rings (SSSR count). The molecule has 2 aromatic rings. The van der Waals surface area contributed by atoms with Crippen LogP contribution in [0.4, 0.5) is 5.69 Å². The third-order valence-corrected chi connectivity index (χ3v) is 3.53. The van der Waals surface area contributed by atoms with Crippen LogP contribution in [0.25, 0.3) is 0 Å². The van der Waals surface area contributed by atoms with E-state index in [-0.39, 0.29) is 0 Å². The first-order chi connectivity index (χ1) is 10.6. The summed E-state index contributed by atoms with van der Waals surface area (Å²) in [6.45, 7) is 1.69. The molecule has 2 aromatic carbocycles. The fourth-order valence-electron chi connectivity index (χ4n) is 2.22. The number of carbonyl (C=O) groups is 1. The minimum absolute atomic E-state index is 0.315. The summed E-state index contributed by atoms with van der Waals surface area (Å²) >= 11 is 0. The van der Waals surface area contributed by atoms with Crippen molar-refractivity contribution in [1.82, 2.24) is 4.90 Å². The Kier molecular flexibility index (Phi) is 5.55. The van der Waals surface area contributed by atoms with E-state index in [1.165, 1.54) is 5.56 Å². The molecular formula is C18H22N2O2. The van der Waals surface area contributed by atoms with Gasteiger partial charge < -0.3 is 15.3 Å². The minimum atomic E-state index is -0.895. The molecule has 0 bridgehead atoms. The topological polar surface area (TPSA) is 52.6 Å². The maximum Gasteiger partial charge on any atom is 0.335 e. The zero-order valence-electron chi connectivity index (χ0n) is 13.0. The van der Waals surface area contributed by atoms with Gasteiger partial charge in [0.25, 0.3) is 0 Å². The lowest BCUT2D eigenvalue weighted by molar-refractivity contribution is 0.0697. The molecule has 0 aliphatic heterocycles. The normalized spacial score (nSPS) is 10.7. The number of likely N-dealkylation sites (N-methyl/N-ethyl adjacent to an activating group) is 1. The summed E-state index contributed by atoms with van der Waals surface area (Å²) in [7, 11) is 4.14. The molecule has 0 spiro atoms. The largest absolute Gasteiger partial charge is 0.478 e. The molecule has 4 nitrogen and oxygen atoms in total. The number of anilines is 1. The number of carboxylic acids is 1. The zero-order valence-corrected chi connectivity index (χ0v) is 13.0. The molecule has 0 atom stereocenters. The standard InChI is InChI=1S/C18H22N2O2/c1-20(2)12-11-15-5-3-4-6-17(15)19-13-14-7-9-16(10-8-14)18(21)22/h3-10,19H,11-13H2,1-2H3,(H,21,22). The van der Waals surface area contributed by atoms with Crippen LogP contribution in [-0.2, 0) is 13.0 Å². The molecule has 4 heteroatoms. The molecular weight excluding hydrogens is 276 g/mol. The lowest BCUT2D eigenvalue weighted by Gasteiger charge is -2.14. The maximum absolute atomic E-state index is 10.8. The number of hydrogen-bond acceptors (Lipinski definition) is 3. The van der Waals surface area contributed by atoms with Crippen LogP contribution in [0.5, 0.6) is 0 Å². The van der Waals surface area contributed by atoms with Crippen LogP contribution in [0.2, 0.25) is 0 Å². The number of hydrogen-bond donors (Lipinski definition) is 2. The zero-order chi connectivity index (χ0) is 15.9. The van der Waals surface area contributed by atoms with E-state index in [1.807, 2.05) is 18.2 Å². The van der Waals surface area contributed by atoms with Crippen molar-refractivity contribution in [2.24, 2.45) is 0 Å². The lowest BCUT2D eigenvalue weighted by atomic mass is 10.1. The number of nitrogens with one attached hydrogen (secondary N) is 1. The smallest absolute Gasteiger partial charge is 0.335 e. The fourth-order valence-corrected chi connectivity index (χ4v) is 2.22. The van der Waals surface area contributed by atoms with E-state index >= 15 is 0 Å². The fraction of sp³-hybridized carbons (Fsp3) is 0.278. The van der Waals surface area contributed by atoms with Gasteiger partial charge in [-0.15, -0.1) is 0 Å². The first-order valence-electron chi connectivity index (χ1n) is 7.35. The minimum Gasteiger partial charge on any atom is -0.478 e. The van der Waals surface area contributed by atoms with E-state index in [2.05, 4.69) is 42.5 Å². The number of benzene rings is 2. The first-order valence-corrected chi connectivity index (χ1v) is 7.35. The Morgan fingerprint density at radius 1 is 1.09 bits per heavy atom. The van der Waals surface area contributed by atoms with Crippen molar-refractivity contribution in [2.45, 2.75) is 13.0 Å². The number of carboxylic acid groups (broad SMARTS) is 1. The van der Waals surface area contributed by atoms with E-state index in [9.17, 15) is 4.79 Å². The Labute approximate surface area is 131 Å². The van der Waals surface area contributed by atoms with Gasteiger partial charge in [-0.1, -0.05) is 30.3 Å². The molecule has 116 valence electrons. The lowest BCUT2D eigenvalue weighted by Crippen LogP contribution is -2.15.